The number of aromatic nitrogens is 2. The summed E-state index contributed by atoms with van der Waals surface area (Å²) in [5.74, 6) is 1.70. The van der Waals surface area contributed by atoms with Gasteiger partial charge in [-0.1, -0.05) is 10.3 Å². The zero-order valence-electron chi connectivity index (χ0n) is 15.0. The first-order valence-electron chi connectivity index (χ1n) is 8.89. The molecular formula is C18H24N4O3. The predicted molar refractivity (Wildman–Crippen MR) is 90.0 cm³/mol. The van der Waals surface area contributed by atoms with Gasteiger partial charge in [-0.15, -0.1) is 0 Å². The molecule has 0 radical (unpaired) electrons. The van der Waals surface area contributed by atoms with Crippen LogP contribution in [0.4, 0.5) is 0 Å². The van der Waals surface area contributed by atoms with E-state index >= 15 is 0 Å². The number of aryl methyl sites for hydroxylation is 3. The number of hydrogen-bond donors (Lipinski definition) is 0. The zero-order valence-corrected chi connectivity index (χ0v) is 15.0. The van der Waals surface area contributed by atoms with Gasteiger partial charge >= 0.3 is 0 Å². The van der Waals surface area contributed by atoms with Crippen molar-refractivity contribution in [2.24, 2.45) is 5.92 Å². The van der Waals surface area contributed by atoms with Crippen molar-refractivity contribution in [3.8, 4) is 0 Å². The van der Waals surface area contributed by atoms with Crippen molar-refractivity contribution >= 4 is 5.91 Å². The molecule has 7 heteroatoms. The molecule has 2 bridgehead atoms. The fourth-order valence-corrected chi connectivity index (χ4v) is 4.11. The molecule has 0 aliphatic carbocycles. The minimum absolute atomic E-state index is 0.0329. The third-order valence-electron chi connectivity index (χ3n) is 5.45. The average molecular weight is 344 g/mol. The van der Waals surface area contributed by atoms with E-state index in [0.717, 1.165) is 49.7 Å². The van der Waals surface area contributed by atoms with Crippen molar-refractivity contribution < 1.29 is 13.8 Å². The van der Waals surface area contributed by atoms with E-state index in [0.29, 0.717) is 11.7 Å². The van der Waals surface area contributed by atoms with Crippen molar-refractivity contribution in [1.29, 1.82) is 0 Å². The Kier molecular flexibility index (Phi) is 4.11. The summed E-state index contributed by atoms with van der Waals surface area (Å²) in [6.45, 7) is 9.28. The van der Waals surface area contributed by atoms with Crippen LogP contribution in [-0.2, 0) is 6.54 Å². The summed E-state index contributed by atoms with van der Waals surface area (Å²) in [4.78, 5) is 17.3. The standard InChI is InChI=1S/C18H24N4O3/c1-11-6-17(25-19-11)18(23)22-8-14-4-5-15(22)9-21(7-14)10-16-12(2)20-24-13(16)3/h6,14-15H,4-5,7-10H2,1-3H3/t14-,15+/m0/s1. The molecule has 3 aliphatic heterocycles. The van der Waals surface area contributed by atoms with Crippen LogP contribution in [0.1, 0.15) is 46.1 Å². The molecule has 3 fully saturated rings. The van der Waals surface area contributed by atoms with Gasteiger partial charge in [0, 0.05) is 43.9 Å². The van der Waals surface area contributed by atoms with E-state index in [1.165, 1.54) is 12.0 Å². The Labute approximate surface area is 146 Å². The molecule has 0 N–H and O–H groups in total. The smallest absolute Gasteiger partial charge is 0.292 e. The molecule has 134 valence electrons. The highest BCUT2D eigenvalue weighted by Gasteiger charge is 2.38. The van der Waals surface area contributed by atoms with Crippen LogP contribution in [0.5, 0.6) is 0 Å². The SMILES string of the molecule is Cc1cc(C(=O)N2C[C@H]3CC[C@@H]2CN(Cc2c(C)noc2C)C3)on1. The number of nitrogens with zero attached hydrogens (tertiary/aromatic N) is 4. The quantitative estimate of drug-likeness (QED) is 0.850. The summed E-state index contributed by atoms with van der Waals surface area (Å²) >= 11 is 0. The molecule has 2 aromatic rings. The lowest BCUT2D eigenvalue weighted by Crippen LogP contribution is -2.47. The molecule has 3 aliphatic rings. The van der Waals surface area contributed by atoms with Gasteiger partial charge < -0.3 is 13.9 Å². The van der Waals surface area contributed by atoms with Crippen LogP contribution >= 0.6 is 0 Å². The van der Waals surface area contributed by atoms with Crippen LogP contribution in [0.15, 0.2) is 15.1 Å². The monoisotopic (exact) mass is 344 g/mol. The molecule has 2 atom stereocenters. The summed E-state index contributed by atoms with van der Waals surface area (Å²) in [6, 6.07) is 1.94. The van der Waals surface area contributed by atoms with E-state index in [2.05, 4.69) is 15.2 Å². The normalized spacial score (nSPS) is 23.9. The molecule has 5 heterocycles. The molecule has 0 unspecified atom stereocenters. The fourth-order valence-electron chi connectivity index (χ4n) is 4.11. The predicted octanol–water partition coefficient (Wildman–Crippen LogP) is 2.32. The molecule has 1 amide bonds. The number of carbonyl (C=O) groups is 1. The number of piperidine rings is 1. The van der Waals surface area contributed by atoms with Crippen LogP contribution in [0.25, 0.3) is 0 Å². The van der Waals surface area contributed by atoms with Crippen LogP contribution in [-0.4, -0.2) is 51.7 Å². The Morgan fingerprint density at radius 2 is 2.00 bits per heavy atom. The highest BCUT2D eigenvalue weighted by molar-refractivity contribution is 5.91. The summed E-state index contributed by atoms with van der Waals surface area (Å²) in [5.41, 5.74) is 2.87. The molecule has 2 aromatic heterocycles. The maximum atomic E-state index is 12.8. The van der Waals surface area contributed by atoms with Gasteiger partial charge in [0.25, 0.3) is 5.91 Å². The van der Waals surface area contributed by atoms with Gasteiger partial charge in [0.15, 0.2) is 0 Å². The van der Waals surface area contributed by atoms with Crippen molar-refractivity contribution in [1.82, 2.24) is 20.1 Å². The third-order valence-corrected chi connectivity index (χ3v) is 5.45. The Hall–Kier alpha value is -2.15. The number of fused-ring (bicyclic) bond motifs is 4. The molecule has 25 heavy (non-hydrogen) atoms. The summed E-state index contributed by atoms with van der Waals surface area (Å²) in [6.07, 6.45) is 2.21. The maximum Gasteiger partial charge on any atom is 0.292 e. The molecule has 0 spiro atoms. The Morgan fingerprint density at radius 1 is 1.16 bits per heavy atom. The van der Waals surface area contributed by atoms with Crippen molar-refractivity contribution in [2.45, 2.75) is 46.2 Å². The van der Waals surface area contributed by atoms with Gasteiger partial charge in [0.2, 0.25) is 5.76 Å². The largest absolute Gasteiger partial charge is 0.361 e. The van der Waals surface area contributed by atoms with Gasteiger partial charge in [-0.25, -0.2) is 0 Å². The van der Waals surface area contributed by atoms with E-state index in [1.807, 2.05) is 25.7 Å². The van der Waals surface area contributed by atoms with E-state index in [9.17, 15) is 4.79 Å². The van der Waals surface area contributed by atoms with E-state index in [1.54, 1.807) is 6.07 Å². The second-order valence-corrected chi connectivity index (χ2v) is 7.38. The molecule has 3 saturated heterocycles. The second-order valence-electron chi connectivity index (χ2n) is 7.38. The first-order valence-corrected chi connectivity index (χ1v) is 8.89. The zero-order chi connectivity index (χ0) is 17.6. The number of carbonyl (C=O) groups excluding carboxylic acids is 1. The van der Waals surface area contributed by atoms with E-state index < -0.39 is 0 Å². The highest BCUT2D eigenvalue weighted by atomic mass is 16.5. The van der Waals surface area contributed by atoms with Crippen LogP contribution in [0.3, 0.4) is 0 Å². The van der Waals surface area contributed by atoms with Crippen LogP contribution in [0, 0.1) is 26.7 Å². The van der Waals surface area contributed by atoms with Gasteiger partial charge in [0.1, 0.15) is 5.76 Å². The Bertz CT molecular complexity index is 762. The lowest BCUT2D eigenvalue weighted by atomic mass is 9.95. The van der Waals surface area contributed by atoms with Crippen LogP contribution in [0.2, 0.25) is 0 Å². The number of amides is 1. The molecular weight excluding hydrogens is 320 g/mol. The van der Waals surface area contributed by atoms with Gasteiger partial charge in [0.05, 0.1) is 11.4 Å². The minimum atomic E-state index is -0.0329. The molecule has 0 saturated carbocycles. The summed E-state index contributed by atoms with van der Waals surface area (Å²) in [5, 5.41) is 7.91. The van der Waals surface area contributed by atoms with Crippen LogP contribution < -0.4 is 0 Å². The third kappa shape index (κ3) is 3.08. The van der Waals surface area contributed by atoms with Gasteiger partial charge in [-0.05, 0) is 39.5 Å². The highest BCUT2D eigenvalue weighted by Crippen LogP contribution is 2.30. The van der Waals surface area contributed by atoms with E-state index in [4.69, 9.17) is 9.05 Å². The molecule has 5 rings (SSSR count). The van der Waals surface area contributed by atoms with Gasteiger partial charge in [-0.2, -0.15) is 0 Å². The lowest BCUT2D eigenvalue weighted by molar-refractivity contribution is 0.0543. The summed E-state index contributed by atoms with van der Waals surface area (Å²) < 4.78 is 10.5. The lowest BCUT2D eigenvalue weighted by Gasteiger charge is -2.35. The van der Waals surface area contributed by atoms with Crippen molar-refractivity contribution in [2.75, 3.05) is 19.6 Å². The first kappa shape index (κ1) is 16.3. The fraction of sp³-hybridized carbons (Fsp3) is 0.611. The molecule has 0 aromatic carbocycles. The minimum Gasteiger partial charge on any atom is -0.361 e. The van der Waals surface area contributed by atoms with Crippen molar-refractivity contribution in [3.63, 3.8) is 0 Å². The summed E-state index contributed by atoms with van der Waals surface area (Å²) in [7, 11) is 0. The number of rotatable bonds is 3. The number of hydrogen-bond acceptors (Lipinski definition) is 6. The van der Waals surface area contributed by atoms with E-state index in [-0.39, 0.29) is 11.9 Å². The molecule has 7 nitrogen and oxygen atoms in total. The Morgan fingerprint density at radius 3 is 2.68 bits per heavy atom. The first-order chi connectivity index (χ1) is 12.0. The topological polar surface area (TPSA) is 75.6 Å². The second kappa shape index (κ2) is 6.29. The average Bonchev–Trinajstić information content (AvgIpc) is 3.02. The van der Waals surface area contributed by atoms with Gasteiger partial charge in [-0.3, -0.25) is 9.69 Å². The maximum absolute atomic E-state index is 12.8. The van der Waals surface area contributed by atoms with Crippen molar-refractivity contribution in [3.05, 3.63) is 34.5 Å². The Balaban J connectivity index is 1.51.